The predicted octanol–water partition coefficient (Wildman–Crippen LogP) is 5.58. The summed E-state index contributed by atoms with van der Waals surface area (Å²) in [6, 6.07) is 16.3. The molecule has 52 heavy (non-hydrogen) atoms. The van der Waals surface area contributed by atoms with Gasteiger partial charge in [-0.2, -0.15) is 14.5 Å². The van der Waals surface area contributed by atoms with Gasteiger partial charge < -0.3 is 10.1 Å². The number of benzene rings is 2. The number of ketones is 1. The standard InChI is InChI=1S/C39H39F2N7O4/c40-34-21-31-33(22-42-34)48(29-5-3-4-27(20-29)25-8-12-30(13-9-25)52-19-18-45-15-1-2-16-45)39(51)36(37(31)49)26-6-10-28(11-7-26)43-38(50)32-23-46-24-47(41)17-14-35(46)44-32/h3-5,8-9,12-14,17,20-23,26,28,36H,1-2,6-7,10-11,15-16,18-19,24H2,(H,43,50)/q+1. The van der Waals surface area contributed by atoms with Crippen LogP contribution in [0.1, 0.15) is 48.9 Å². The summed E-state index contributed by atoms with van der Waals surface area (Å²) in [5, 5.41) is 3.51. The number of hydrogen-bond donors (Lipinski definition) is 1. The van der Waals surface area contributed by atoms with Crippen molar-refractivity contribution in [3.63, 3.8) is 0 Å². The van der Waals surface area contributed by atoms with Crippen molar-refractivity contribution in [3.05, 3.63) is 96.5 Å². The number of likely N-dealkylation sites (tertiary alicyclic amines) is 1. The van der Waals surface area contributed by atoms with E-state index in [1.165, 1.54) is 42.4 Å². The quantitative estimate of drug-likeness (QED) is 0.134. The van der Waals surface area contributed by atoms with Gasteiger partial charge in [-0.15, -0.1) is 0 Å². The van der Waals surface area contributed by atoms with Gasteiger partial charge in [-0.25, -0.2) is 4.98 Å². The van der Waals surface area contributed by atoms with Gasteiger partial charge >= 0.3 is 0 Å². The second kappa shape index (κ2) is 14.4. The molecule has 0 bridgehead atoms. The van der Waals surface area contributed by atoms with Crippen LogP contribution in [0.25, 0.3) is 11.1 Å². The highest BCUT2D eigenvalue weighted by molar-refractivity contribution is 6.24. The van der Waals surface area contributed by atoms with Crippen molar-refractivity contribution in [2.45, 2.75) is 44.6 Å². The highest BCUT2D eigenvalue weighted by atomic mass is 19.2. The molecule has 5 aliphatic rings. The van der Waals surface area contributed by atoms with E-state index in [4.69, 9.17) is 4.74 Å². The summed E-state index contributed by atoms with van der Waals surface area (Å²) in [5.74, 6) is -1.99. The number of nitrogens with zero attached hydrogens (tertiary/aromatic N) is 6. The molecule has 1 radical (unpaired) electrons. The Balaban J connectivity index is 0.963. The molecule has 0 spiro atoms. The third-order valence-corrected chi connectivity index (χ3v) is 10.6. The van der Waals surface area contributed by atoms with Gasteiger partial charge in [-0.05, 0) is 92.9 Å². The van der Waals surface area contributed by atoms with Gasteiger partial charge in [-0.3, -0.25) is 24.2 Å². The number of Topliss-reactive ketones (excluding diaryl/α,β-unsaturated/α-hetero) is 1. The molecule has 11 nitrogen and oxygen atoms in total. The van der Waals surface area contributed by atoms with Crippen LogP contribution in [0.15, 0.2) is 90.0 Å². The van der Waals surface area contributed by atoms with Crippen LogP contribution in [0.2, 0.25) is 0 Å². The average Bonchev–Trinajstić information content (AvgIpc) is 3.83. The van der Waals surface area contributed by atoms with E-state index in [9.17, 15) is 23.3 Å². The van der Waals surface area contributed by atoms with Gasteiger partial charge in [0.05, 0.1) is 11.9 Å². The fraction of sp³-hybridized carbons (Fsp3) is 0.359. The van der Waals surface area contributed by atoms with Crippen molar-refractivity contribution in [2.24, 2.45) is 16.8 Å². The van der Waals surface area contributed by atoms with Gasteiger partial charge in [0.2, 0.25) is 18.5 Å². The molecule has 5 heterocycles. The lowest BCUT2D eigenvalue weighted by Gasteiger charge is -2.39. The second-order valence-corrected chi connectivity index (χ2v) is 13.9. The van der Waals surface area contributed by atoms with Crippen molar-refractivity contribution < 1.29 is 28.0 Å². The normalized spacial score (nSPS) is 23.3. The Kier molecular flexibility index (Phi) is 9.37. The summed E-state index contributed by atoms with van der Waals surface area (Å²) in [7, 11) is 0. The molecule has 2 fully saturated rings. The lowest BCUT2D eigenvalue weighted by molar-refractivity contribution is -0.123. The molecule has 1 unspecified atom stereocenters. The molecule has 8 rings (SSSR count). The Hall–Kier alpha value is -5.27. The molecule has 2 aromatic carbocycles. The average molecular weight is 708 g/mol. The van der Waals surface area contributed by atoms with E-state index in [0.717, 1.165) is 42.6 Å². The van der Waals surface area contributed by atoms with Crippen molar-refractivity contribution in [3.8, 4) is 16.9 Å². The largest absolute Gasteiger partial charge is 0.492 e. The first kappa shape index (κ1) is 33.9. The molecule has 1 N–H and O–H groups in total. The Morgan fingerprint density at radius 3 is 2.58 bits per heavy atom. The number of amides is 2. The third-order valence-electron chi connectivity index (χ3n) is 10.6. The number of anilines is 2. The van der Waals surface area contributed by atoms with E-state index >= 15 is 0 Å². The minimum absolute atomic E-state index is 0.0489. The molecule has 2 amide bonds. The van der Waals surface area contributed by atoms with Crippen LogP contribution in [-0.4, -0.2) is 77.4 Å². The second-order valence-electron chi connectivity index (χ2n) is 13.9. The van der Waals surface area contributed by atoms with E-state index in [0.29, 0.717) is 48.9 Å². The van der Waals surface area contributed by atoms with Crippen LogP contribution in [-0.2, 0) is 9.59 Å². The first-order chi connectivity index (χ1) is 25.3. The third kappa shape index (κ3) is 6.85. The van der Waals surface area contributed by atoms with Crippen molar-refractivity contribution >= 4 is 34.8 Å². The maximum absolute atomic E-state index is 14.5. The predicted molar refractivity (Wildman–Crippen MR) is 191 cm³/mol. The van der Waals surface area contributed by atoms with Gasteiger partial charge in [-0.1, -0.05) is 33.6 Å². The zero-order valence-electron chi connectivity index (χ0n) is 28.6. The number of ether oxygens (including phenoxy) is 1. The van der Waals surface area contributed by atoms with Crippen molar-refractivity contribution in [2.75, 3.05) is 37.8 Å². The van der Waals surface area contributed by atoms with Gasteiger partial charge in [0.1, 0.15) is 18.3 Å². The molecular formula is C39H39F2N7O4+. The van der Waals surface area contributed by atoms with Crippen LogP contribution in [0.5, 0.6) is 5.75 Å². The fourth-order valence-corrected chi connectivity index (χ4v) is 7.87. The molecule has 1 saturated carbocycles. The summed E-state index contributed by atoms with van der Waals surface area (Å²) in [4.78, 5) is 54.9. The van der Waals surface area contributed by atoms with Crippen LogP contribution in [0.3, 0.4) is 0 Å². The molecule has 267 valence electrons. The van der Waals surface area contributed by atoms with Crippen LogP contribution < -0.4 is 19.9 Å². The number of nitrogens with one attached hydrogen (secondary N) is 1. The first-order valence-electron chi connectivity index (χ1n) is 17.9. The van der Waals surface area contributed by atoms with E-state index in [1.54, 1.807) is 11.0 Å². The molecule has 1 saturated heterocycles. The van der Waals surface area contributed by atoms with E-state index in [1.807, 2.05) is 42.5 Å². The lowest BCUT2D eigenvalue weighted by Crippen LogP contribution is -2.47. The monoisotopic (exact) mass is 707 g/mol. The molecular weight excluding hydrogens is 668 g/mol. The number of amidine groups is 1. The smallest absolute Gasteiger partial charge is 0.285 e. The SMILES string of the molecule is O=C(NC1CCC(C2C(=O)c3cc(F)ncc3N(c3cccc(-c4ccc(OCCN5CCCC5)cc4)c3)C2=O)CC1)C1=C[N+]2CN(F)C=CC2=N1. The van der Waals surface area contributed by atoms with E-state index in [-0.39, 0.29) is 47.4 Å². The zero-order chi connectivity index (χ0) is 35.8. The van der Waals surface area contributed by atoms with Crippen LogP contribution in [0, 0.1) is 17.8 Å². The Morgan fingerprint density at radius 1 is 1.00 bits per heavy atom. The first-order valence-corrected chi connectivity index (χ1v) is 17.9. The summed E-state index contributed by atoms with van der Waals surface area (Å²) in [6.45, 7) is 3.74. The van der Waals surface area contributed by atoms with Crippen molar-refractivity contribution in [1.82, 2.24) is 25.2 Å². The number of aromatic nitrogens is 1. The number of halogens is 2. The maximum atomic E-state index is 14.5. The molecule has 1 aromatic heterocycles. The van der Waals surface area contributed by atoms with Gasteiger partial charge in [0, 0.05) is 42.2 Å². The molecule has 4 aliphatic heterocycles. The molecule has 1 aliphatic carbocycles. The lowest BCUT2D eigenvalue weighted by atomic mass is 9.73. The summed E-state index contributed by atoms with van der Waals surface area (Å²) < 4.78 is 34.1. The summed E-state index contributed by atoms with van der Waals surface area (Å²) in [6.07, 6.45) is 10.1. The van der Waals surface area contributed by atoms with E-state index < -0.39 is 17.6 Å². The Labute approximate surface area is 300 Å². The summed E-state index contributed by atoms with van der Waals surface area (Å²) in [5.41, 5.74) is 2.91. The number of rotatable bonds is 9. The number of pyridine rings is 1. The number of hydrogen-bond acceptors (Lipinski definition) is 9. The number of carbonyl (C=O) groups is 3. The maximum Gasteiger partial charge on any atom is 0.285 e. The zero-order valence-corrected chi connectivity index (χ0v) is 28.6. The minimum atomic E-state index is -1.01. The molecule has 13 heteroatoms. The molecule has 1 atom stereocenters. The fourth-order valence-electron chi connectivity index (χ4n) is 7.87. The highest BCUT2D eigenvalue weighted by Gasteiger charge is 2.46. The van der Waals surface area contributed by atoms with Gasteiger partial charge in [0.15, 0.2) is 17.7 Å². The highest BCUT2D eigenvalue weighted by Crippen LogP contribution is 2.43. The number of fused-ring (bicyclic) bond motifs is 2. The molecule has 3 aromatic rings. The topological polar surface area (TPSA) is 113 Å². The van der Waals surface area contributed by atoms with Crippen molar-refractivity contribution in [1.29, 1.82) is 0 Å². The van der Waals surface area contributed by atoms with Gasteiger partial charge in [0.25, 0.3) is 11.7 Å². The van der Waals surface area contributed by atoms with E-state index in [2.05, 4.69) is 20.2 Å². The Morgan fingerprint density at radius 2 is 1.79 bits per heavy atom. The van der Waals surface area contributed by atoms with Crippen LogP contribution in [0.4, 0.5) is 20.2 Å². The Bertz CT molecular complexity index is 1970. The minimum Gasteiger partial charge on any atom is -0.492 e. The summed E-state index contributed by atoms with van der Waals surface area (Å²) >= 11 is 0. The number of aliphatic imine (C=N–C) groups is 1. The van der Waals surface area contributed by atoms with Crippen LogP contribution >= 0.6 is 0 Å². The number of carbonyl (C=O) groups excluding carboxylic acids is 3.